The first-order chi connectivity index (χ1) is 9.20. The topological polar surface area (TPSA) is 149 Å². The van der Waals surface area contributed by atoms with Crippen molar-refractivity contribution in [1.82, 2.24) is 0 Å². The van der Waals surface area contributed by atoms with E-state index in [4.69, 9.17) is 20.4 Å². The summed E-state index contributed by atoms with van der Waals surface area (Å²) in [6, 6.07) is 0.990. The Morgan fingerprint density at radius 3 is 1.55 bits per heavy atom. The van der Waals surface area contributed by atoms with Crippen LogP contribution in [0.5, 0.6) is 0 Å². The highest BCUT2D eigenvalue weighted by Crippen LogP contribution is 2.06. The van der Waals surface area contributed by atoms with Crippen LogP contribution in [0.15, 0.2) is 23.8 Å². The van der Waals surface area contributed by atoms with Gasteiger partial charge in [0.1, 0.15) is 0 Å². The van der Waals surface area contributed by atoms with E-state index in [1.807, 2.05) is 0 Å². The van der Waals surface area contributed by atoms with Crippen molar-refractivity contribution in [3.63, 3.8) is 0 Å². The fraction of sp³-hybridized carbons (Fsp3) is 0.273. The molecule has 0 aromatic rings. The molecule has 0 rings (SSSR count). The molecular weight excluding hydrogens is 288 g/mol. The third-order valence-electron chi connectivity index (χ3n) is 1.74. The maximum atomic E-state index is 10.4. The molecule has 0 heterocycles. The van der Waals surface area contributed by atoms with Crippen LogP contribution in [0.3, 0.4) is 0 Å². The lowest BCUT2D eigenvalue weighted by molar-refractivity contribution is -0.135. The van der Waals surface area contributed by atoms with Gasteiger partial charge in [-0.15, -0.1) is 0 Å². The number of carboxylic acids is 4. The highest BCUT2D eigenvalue weighted by molar-refractivity contribution is 6.08. The minimum atomic E-state index is -1.26. The zero-order chi connectivity index (χ0) is 16.1. The van der Waals surface area contributed by atoms with Crippen molar-refractivity contribution in [1.29, 1.82) is 0 Å². The van der Waals surface area contributed by atoms with Crippen molar-refractivity contribution >= 4 is 34.1 Å². The molecule has 4 N–H and O–H groups in total. The molecular formula is C11H16O8Si. The minimum Gasteiger partial charge on any atom is -0.478 e. The highest BCUT2D eigenvalue weighted by Gasteiger charge is 2.07. The summed E-state index contributed by atoms with van der Waals surface area (Å²) in [7, 11) is 1.02. The lowest BCUT2D eigenvalue weighted by Crippen LogP contribution is -2.03. The van der Waals surface area contributed by atoms with Crippen LogP contribution in [0.2, 0.25) is 6.04 Å². The quantitative estimate of drug-likeness (QED) is 0.358. The second-order valence-electron chi connectivity index (χ2n) is 3.43. The van der Waals surface area contributed by atoms with E-state index in [-0.39, 0.29) is 5.57 Å². The number of carbonyl (C=O) groups is 4. The molecule has 112 valence electrons. The molecule has 9 heteroatoms. The van der Waals surface area contributed by atoms with E-state index < -0.39 is 23.9 Å². The molecule has 0 bridgehead atoms. The van der Waals surface area contributed by atoms with Crippen LogP contribution < -0.4 is 0 Å². The molecule has 0 saturated carbocycles. The lowest BCUT2D eigenvalue weighted by Gasteiger charge is -1.97. The maximum Gasteiger partial charge on any atom is 0.331 e. The fourth-order valence-electron chi connectivity index (χ4n) is 0.900. The summed E-state index contributed by atoms with van der Waals surface area (Å²) >= 11 is 0. The summed E-state index contributed by atoms with van der Waals surface area (Å²) in [5.41, 5.74) is -0.0154. The number of hydrogen-bond acceptors (Lipinski definition) is 4. The fourth-order valence-corrected chi connectivity index (χ4v) is 1.25. The third-order valence-corrected chi connectivity index (χ3v) is 2.45. The van der Waals surface area contributed by atoms with Gasteiger partial charge in [0, 0.05) is 34.0 Å². The Hall–Kier alpha value is -2.42. The summed E-state index contributed by atoms with van der Waals surface area (Å²) in [5.74, 6) is -4.84. The van der Waals surface area contributed by atoms with E-state index in [1.165, 1.54) is 0 Å². The van der Waals surface area contributed by atoms with Crippen LogP contribution in [0.4, 0.5) is 0 Å². The average molecular weight is 304 g/mol. The summed E-state index contributed by atoms with van der Waals surface area (Å²) in [5, 5.41) is 32.5. The Labute approximate surface area is 117 Å². The average Bonchev–Trinajstić information content (AvgIpc) is 2.32. The van der Waals surface area contributed by atoms with Gasteiger partial charge in [-0.25, -0.2) is 19.2 Å². The summed E-state index contributed by atoms with van der Waals surface area (Å²) in [4.78, 5) is 39.7. The predicted molar refractivity (Wildman–Crippen MR) is 71.7 cm³/mol. The largest absolute Gasteiger partial charge is 0.478 e. The van der Waals surface area contributed by atoms with Crippen molar-refractivity contribution < 1.29 is 39.6 Å². The molecule has 0 atom stereocenters. The smallest absolute Gasteiger partial charge is 0.331 e. The molecule has 0 saturated heterocycles. The molecule has 8 nitrogen and oxygen atoms in total. The second kappa shape index (κ2) is 11.7. The van der Waals surface area contributed by atoms with E-state index in [0.29, 0.717) is 18.6 Å². The van der Waals surface area contributed by atoms with Gasteiger partial charge < -0.3 is 20.4 Å². The molecule has 0 aliphatic heterocycles. The van der Waals surface area contributed by atoms with Crippen LogP contribution in [-0.4, -0.2) is 54.5 Å². The first kappa shape index (κ1) is 19.9. The summed E-state index contributed by atoms with van der Waals surface area (Å²) in [6.45, 7) is 0. The molecule has 0 spiro atoms. The van der Waals surface area contributed by atoms with Crippen LogP contribution in [0, 0.1) is 0 Å². The van der Waals surface area contributed by atoms with Gasteiger partial charge in [-0.2, -0.15) is 0 Å². The van der Waals surface area contributed by atoms with E-state index in [0.717, 1.165) is 28.8 Å². The highest BCUT2D eigenvalue weighted by atomic mass is 28.1. The van der Waals surface area contributed by atoms with Crippen molar-refractivity contribution in [3.05, 3.63) is 23.8 Å². The van der Waals surface area contributed by atoms with Gasteiger partial charge in [0.05, 0.1) is 0 Å². The van der Waals surface area contributed by atoms with Crippen molar-refractivity contribution in [2.45, 2.75) is 18.9 Å². The van der Waals surface area contributed by atoms with Crippen LogP contribution in [0.25, 0.3) is 0 Å². The van der Waals surface area contributed by atoms with Crippen LogP contribution in [0.1, 0.15) is 12.8 Å². The molecule has 20 heavy (non-hydrogen) atoms. The van der Waals surface area contributed by atoms with E-state index >= 15 is 0 Å². The zero-order valence-electron chi connectivity index (χ0n) is 10.8. The number of hydrogen-bond donors (Lipinski definition) is 4. The zero-order valence-corrected chi connectivity index (χ0v) is 12.8. The van der Waals surface area contributed by atoms with Gasteiger partial charge in [0.25, 0.3) is 0 Å². The first-order valence-corrected chi connectivity index (χ1v) is 6.92. The van der Waals surface area contributed by atoms with Gasteiger partial charge in [-0.05, 0) is 6.42 Å². The Bertz CT molecular complexity index is 408. The van der Waals surface area contributed by atoms with Gasteiger partial charge in [-0.3, -0.25) is 0 Å². The van der Waals surface area contributed by atoms with Crippen LogP contribution in [-0.2, 0) is 19.2 Å². The van der Waals surface area contributed by atoms with Crippen molar-refractivity contribution in [3.8, 4) is 0 Å². The minimum absolute atomic E-state index is 0.0154. The number of aliphatic carboxylic acids is 4. The predicted octanol–water partition coefficient (Wildman–Crippen LogP) is -0.642. The van der Waals surface area contributed by atoms with E-state index in [2.05, 4.69) is 0 Å². The van der Waals surface area contributed by atoms with Gasteiger partial charge in [-0.1, -0.05) is 12.5 Å². The molecule has 0 aliphatic rings. The van der Waals surface area contributed by atoms with Gasteiger partial charge in [0.2, 0.25) is 0 Å². The third kappa shape index (κ3) is 15.6. The molecule has 0 unspecified atom stereocenters. The standard InChI is InChI=1S/C7H12O4Si.C4H4O4/c8-6(9)4-5(7(10)11)2-1-3-12;5-3(6)1-2-4(7)8/h4H,1-3H2,12H3,(H,8,9)(H,10,11);1-2H,(H,5,6)(H,7,8). The molecule has 0 aromatic heterocycles. The van der Waals surface area contributed by atoms with Crippen molar-refractivity contribution in [2.24, 2.45) is 0 Å². The molecule has 0 aromatic carbocycles. The molecule has 0 amide bonds. The maximum absolute atomic E-state index is 10.4. The van der Waals surface area contributed by atoms with E-state index in [9.17, 15) is 19.2 Å². The molecule has 0 fully saturated rings. The SMILES string of the molecule is O=C(O)C=C(CCC[SiH3])C(=O)O.O=C(O)C=CC(=O)O. The van der Waals surface area contributed by atoms with Crippen LogP contribution >= 0.6 is 0 Å². The first-order valence-electron chi connectivity index (χ1n) is 5.51. The van der Waals surface area contributed by atoms with Gasteiger partial charge in [0.15, 0.2) is 0 Å². The second-order valence-corrected chi connectivity index (χ2v) is 4.43. The monoisotopic (exact) mass is 304 g/mol. The number of carboxylic acid groups (broad SMARTS) is 4. The van der Waals surface area contributed by atoms with E-state index in [1.54, 1.807) is 0 Å². The lowest BCUT2D eigenvalue weighted by atomic mass is 10.1. The number of rotatable bonds is 7. The summed E-state index contributed by atoms with van der Waals surface area (Å²) in [6.07, 6.45) is 2.99. The summed E-state index contributed by atoms with van der Waals surface area (Å²) < 4.78 is 0. The Kier molecular flexibility index (Phi) is 11.6. The van der Waals surface area contributed by atoms with Crippen molar-refractivity contribution in [2.75, 3.05) is 0 Å². The molecule has 0 radical (unpaired) electrons. The Balaban J connectivity index is 0. The Morgan fingerprint density at radius 1 is 0.850 bits per heavy atom. The van der Waals surface area contributed by atoms with Gasteiger partial charge >= 0.3 is 23.9 Å². The Morgan fingerprint density at radius 2 is 1.30 bits per heavy atom. The normalized spacial score (nSPS) is 10.7. The molecule has 0 aliphatic carbocycles.